The third-order valence-corrected chi connectivity index (χ3v) is 9.54. The van der Waals surface area contributed by atoms with Crippen molar-refractivity contribution in [2.45, 2.75) is 83.6 Å². The number of hydroxylamine groups is 2. The Bertz CT molecular complexity index is 564. The molecule has 4 rings (SSSR count). The van der Waals surface area contributed by atoms with Crippen molar-refractivity contribution in [1.29, 1.82) is 0 Å². The van der Waals surface area contributed by atoms with E-state index < -0.39 is 0 Å². The van der Waals surface area contributed by atoms with Crippen LogP contribution in [-0.2, 0) is 4.79 Å². The van der Waals surface area contributed by atoms with E-state index in [1.165, 1.54) is 52.0 Å². The molecule has 4 aliphatic carbocycles. The second-order valence-electron chi connectivity index (χ2n) is 10.2. The molecule has 4 saturated carbocycles. The fraction of sp³-hybridized carbons (Fsp3) is 0.952. The highest BCUT2D eigenvalue weighted by atomic mass is 16.5. The third kappa shape index (κ3) is 2.22. The molecule has 142 valence electrons. The lowest BCUT2D eigenvalue weighted by Gasteiger charge is -2.64. The fourth-order valence-electron chi connectivity index (χ4n) is 7.99. The molecule has 0 aromatic carbocycles. The number of nitrogens with two attached hydrogens (primary N) is 1. The first-order valence-electron chi connectivity index (χ1n) is 10.5. The van der Waals surface area contributed by atoms with E-state index in [2.05, 4.69) is 13.8 Å². The molecule has 4 aliphatic rings. The van der Waals surface area contributed by atoms with E-state index in [9.17, 15) is 10.0 Å². The van der Waals surface area contributed by atoms with Gasteiger partial charge in [0, 0.05) is 18.5 Å². The Morgan fingerprint density at radius 3 is 2.48 bits per heavy atom. The molecule has 3 N–H and O–H groups in total. The number of carbonyl (C=O) groups excluding carboxylic acids is 1. The fourth-order valence-corrected chi connectivity index (χ4v) is 7.99. The van der Waals surface area contributed by atoms with Gasteiger partial charge in [0.2, 0.25) is 5.91 Å². The summed E-state index contributed by atoms with van der Waals surface area (Å²) in [5.74, 6) is 1.91. The quantitative estimate of drug-likeness (QED) is 0.557. The van der Waals surface area contributed by atoms with Crippen LogP contribution in [0.15, 0.2) is 0 Å². The minimum Gasteiger partial charge on any atom is -0.324 e. The second-order valence-corrected chi connectivity index (χ2v) is 10.2. The van der Waals surface area contributed by atoms with Crippen LogP contribution in [0.5, 0.6) is 0 Å². The molecule has 1 amide bonds. The van der Waals surface area contributed by atoms with Gasteiger partial charge in [0.25, 0.3) is 0 Å². The first kappa shape index (κ1) is 17.8. The van der Waals surface area contributed by atoms with E-state index in [-0.39, 0.29) is 22.8 Å². The summed E-state index contributed by atoms with van der Waals surface area (Å²) in [5.41, 5.74) is 7.27. The van der Waals surface area contributed by atoms with Gasteiger partial charge in [-0.3, -0.25) is 10.0 Å². The maximum Gasteiger partial charge on any atom is 0.249 e. The highest BCUT2D eigenvalue weighted by Gasteiger charge is 2.67. The molecule has 0 bridgehead atoms. The predicted molar refractivity (Wildman–Crippen MR) is 97.8 cm³/mol. The van der Waals surface area contributed by atoms with E-state index >= 15 is 0 Å². The van der Waals surface area contributed by atoms with Crippen LogP contribution >= 0.6 is 0 Å². The summed E-state index contributed by atoms with van der Waals surface area (Å²) in [4.78, 5) is 12.6. The number of rotatable bonds is 1. The normalized spacial score (nSPS) is 52.0. The zero-order valence-electron chi connectivity index (χ0n) is 16.3. The number of nitrogens with zero attached hydrogens (tertiary/aromatic N) is 1. The molecule has 4 nitrogen and oxygen atoms in total. The standard InChI is InChI=1S/C21H36N2O2/c1-19-11-5-4-6-14(19)7-8-16-15(19)9-12-20(2)17(18(24)23(3)25)10-13-21(16,20)22/h14-17,25H,4-13,22H2,1-3H3/t14?,15-,16+,17?,19-,20+,21?/m0/s1. The molecule has 7 atom stereocenters. The Kier molecular flexibility index (Phi) is 4.05. The smallest absolute Gasteiger partial charge is 0.249 e. The zero-order chi connectivity index (χ0) is 18.0. The number of carbonyl (C=O) groups is 1. The maximum atomic E-state index is 12.6. The molecule has 0 heterocycles. The van der Waals surface area contributed by atoms with Crippen LogP contribution in [-0.4, -0.2) is 28.8 Å². The minimum absolute atomic E-state index is 0.120. The Labute approximate surface area is 152 Å². The summed E-state index contributed by atoms with van der Waals surface area (Å²) in [7, 11) is 1.46. The van der Waals surface area contributed by atoms with Crippen molar-refractivity contribution in [2.75, 3.05) is 7.05 Å². The van der Waals surface area contributed by atoms with Crippen LogP contribution in [0.1, 0.15) is 78.1 Å². The number of fused-ring (bicyclic) bond motifs is 5. The van der Waals surface area contributed by atoms with E-state index in [1.807, 2.05) is 0 Å². The highest BCUT2D eigenvalue weighted by molar-refractivity contribution is 5.79. The summed E-state index contributed by atoms with van der Waals surface area (Å²) in [5, 5.41) is 10.5. The molecule has 3 unspecified atom stereocenters. The van der Waals surface area contributed by atoms with Crippen molar-refractivity contribution >= 4 is 5.91 Å². The van der Waals surface area contributed by atoms with Crippen LogP contribution in [0.2, 0.25) is 0 Å². The lowest BCUT2D eigenvalue weighted by atomic mass is 9.43. The van der Waals surface area contributed by atoms with Crippen LogP contribution in [0.4, 0.5) is 0 Å². The summed E-state index contributed by atoms with van der Waals surface area (Å²) in [6.45, 7) is 4.80. The summed E-state index contributed by atoms with van der Waals surface area (Å²) < 4.78 is 0. The third-order valence-electron chi connectivity index (χ3n) is 9.54. The number of hydrogen-bond acceptors (Lipinski definition) is 3. The summed E-state index contributed by atoms with van der Waals surface area (Å²) in [6, 6.07) is 0. The largest absolute Gasteiger partial charge is 0.324 e. The lowest BCUT2D eigenvalue weighted by Crippen LogP contribution is -2.66. The van der Waals surface area contributed by atoms with Crippen molar-refractivity contribution in [1.82, 2.24) is 5.06 Å². The summed E-state index contributed by atoms with van der Waals surface area (Å²) >= 11 is 0. The molecule has 4 heteroatoms. The van der Waals surface area contributed by atoms with Gasteiger partial charge in [0.05, 0.1) is 0 Å². The van der Waals surface area contributed by atoms with Gasteiger partial charge < -0.3 is 5.73 Å². The second kappa shape index (κ2) is 5.69. The average Bonchev–Trinajstić information content (AvgIpc) is 2.85. The molecular weight excluding hydrogens is 312 g/mol. The van der Waals surface area contributed by atoms with Gasteiger partial charge in [-0.15, -0.1) is 0 Å². The monoisotopic (exact) mass is 348 g/mol. The minimum atomic E-state index is -0.238. The Morgan fingerprint density at radius 1 is 1.00 bits per heavy atom. The number of hydrogen-bond donors (Lipinski definition) is 2. The summed E-state index contributed by atoms with van der Waals surface area (Å²) in [6.07, 6.45) is 12.2. The predicted octanol–water partition coefficient (Wildman–Crippen LogP) is 3.96. The van der Waals surface area contributed by atoms with Crippen LogP contribution in [0, 0.1) is 34.5 Å². The van der Waals surface area contributed by atoms with Crippen LogP contribution in [0.3, 0.4) is 0 Å². The first-order valence-corrected chi connectivity index (χ1v) is 10.5. The molecule has 0 aromatic heterocycles. The van der Waals surface area contributed by atoms with E-state index in [0.29, 0.717) is 11.3 Å². The van der Waals surface area contributed by atoms with Crippen molar-refractivity contribution in [3.05, 3.63) is 0 Å². The Morgan fingerprint density at radius 2 is 1.76 bits per heavy atom. The van der Waals surface area contributed by atoms with Gasteiger partial charge in [-0.2, -0.15) is 0 Å². The molecule has 0 spiro atoms. The topological polar surface area (TPSA) is 66.6 Å². The van der Waals surface area contributed by atoms with Gasteiger partial charge in [-0.1, -0.05) is 26.7 Å². The molecule has 0 radical (unpaired) electrons. The molecule has 0 saturated heterocycles. The van der Waals surface area contributed by atoms with Gasteiger partial charge >= 0.3 is 0 Å². The number of amides is 1. The Hall–Kier alpha value is -0.610. The van der Waals surface area contributed by atoms with Gasteiger partial charge in [0.15, 0.2) is 0 Å². The van der Waals surface area contributed by atoms with E-state index in [1.54, 1.807) is 0 Å². The van der Waals surface area contributed by atoms with Crippen molar-refractivity contribution in [3.63, 3.8) is 0 Å². The van der Waals surface area contributed by atoms with Crippen molar-refractivity contribution < 1.29 is 10.0 Å². The molecule has 25 heavy (non-hydrogen) atoms. The van der Waals surface area contributed by atoms with E-state index in [0.717, 1.165) is 36.2 Å². The van der Waals surface area contributed by atoms with E-state index in [4.69, 9.17) is 5.73 Å². The highest BCUT2D eigenvalue weighted by Crippen LogP contribution is 2.68. The molecule has 0 aromatic rings. The van der Waals surface area contributed by atoms with Gasteiger partial charge in [-0.05, 0) is 80.0 Å². The van der Waals surface area contributed by atoms with Crippen LogP contribution < -0.4 is 5.73 Å². The first-order chi connectivity index (χ1) is 11.7. The molecule has 4 fully saturated rings. The zero-order valence-corrected chi connectivity index (χ0v) is 16.3. The average molecular weight is 349 g/mol. The van der Waals surface area contributed by atoms with Crippen molar-refractivity contribution in [3.8, 4) is 0 Å². The molecule has 0 aliphatic heterocycles. The Balaban J connectivity index is 1.67. The lowest BCUT2D eigenvalue weighted by molar-refractivity contribution is -0.174. The SMILES string of the molecule is CN(O)C(=O)C1CCC2(N)[C@@H]3CCC4CCCC[C@]4(C)[C@H]3CC[C@]12C. The maximum absolute atomic E-state index is 12.6. The van der Waals surface area contributed by atoms with Crippen LogP contribution in [0.25, 0.3) is 0 Å². The molecular formula is C21H36N2O2. The van der Waals surface area contributed by atoms with Crippen molar-refractivity contribution in [2.24, 2.45) is 40.2 Å². The van der Waals surface area contributed by atoms with Gasteiger partial charge in [-0.25, -0.2) is 5.06 Å². The van der Waals surface area contributed by atoms with Gasteiger partial charge in [0.1, 0.15) is 0 Å².